The largest absolute Gasteiger partial charge is 0.383 e. The van der Waals surface area contributed by atoms with Gasteiger partial charge < -0.3 is 15.3 Å². The third-order valence-electron chi connectivity index (χ3n) is 6.47. The van der Waals surface area contributed by atoms with Gasteiger partial charge in [-0.15, -0.1) is 11.3 Å². The van der Waals surface area contributed by atoms with Crippen LogP contribution >= 0.6 is 22.9 Å². The summed E-state index contributed by atoms with van der Waals surface area (Å²) in [4.78, 5) is 17.4. The van der Waals surface area contributed by atoms with Crippen molar-refractivity contribution in [3.8, 4) is 21.8 Å². The first kappa shape index (κ1) is 23.9. The normalized spacial score (nSPS) is 16.7. The summed E-state index contributed by atoms with van der Waals surface area (Å²) < 4.78 is 0. The number of aliphatic hydroxyl groups is 1. The van der Waals surface area contributed by atoms with Gasteiger partial charge in [-0.05, 0) is 50.6 Å². The molecule has 0 spiro atoms. The topological polar surface area (TPSA) is 74.2 Å². The van der Waals surface area contributed by atoms with Crippen molar-refractivity contribution in [2.45, 2.75) is 31.4 Å². The lowest BCUT2D eigenvalue weighted by Gasteiger charge is -2.34. The molecule has 1 aliphatic rings. The number of nitrogens with zero attached hydrogens (tertiary/aromatic N) is 4. The molecule has 35 heavy (non-hydrogen) atoms. The first-order valence-electron chi connectivity index (χ1n) is 11.7. The Bertz CT molecular complexity index is 1300. The zero-order chi connectivity index (χ0) is 24.4. The van der Waals surface area contributed by atoms with Crippen LogP contribution in [0, 0.1) is 0 Å². The minimum absolute atomic E-state index is 0.0517. The standard InChI is InChI=1S/C27H28ClN5OS/c1-18(19-7-4-3-5-8-19)30-26-29-14-11-22(31-26)24-23(20-9-6-10-21(28)17-20)32-25(35-24)27(34)12-15-33(2)16-13-27/h3-11,14,17-18,34H,12-13,15-16H2,1-2H3,(H,29,30,31). The molecular weight excluding hydrogens is 478 g/mol. The Morgan fingerprint density at radius 1 is 1.06 bits per heavy atom. The second kappa shape index (κ2) is 10.0. The van der Waals surface area contributed by atoms with Crippen LogP contribution in [0.5, 0.6) is 0 Å². The monoisotopic (exact) mass is 505 g/mol. The van der Waals surface area contributed by atoms with Crippen molar-refractivity contribution in [3.05, 3.63) is 82.5 Å². The summed E-state index contributed by atoms with van der Waals surface area (Å²) in [5.74, 6) is 0.545. The molecule has 8 heteroatoms. The lowest BCUT2D eigenvalue weighted by atomic mass is 9.92. The zero-order valence-electron chi connectivity index (χ0n) is 19.8. The number of aromatic nitrogens is 3. The van der Waals surface area contributed by atoms with E-state index in [9.17, 15) is 5.11 Å². The maximum absolute atomic E-state index is 11.5. The van der Waals surface area contributed by atoms with Crippen LogP contribution in [-0.2, 0) is 5.60 Å². The van der Waals surface area contributed by atoms with Crippen LogP contribution in [0.4, 0.5) is 5.95 Å². The third-order valence-corrected chi connectivity index (χ3v) is 7.98. The molecule has 2 N–H and O–H groups in total. The number of thiazole rings is 1. The SMILES string of the molecule is CC(Nc1nccc(-c2sc(C3(O)CCN(C)CC3)nc2-c2cccc(Cl)c2)n1)c1ccccc1. The fourth-order valence-electron chi connectivity index (χ4n) is 4.30. The van der Waals surface area contributed by atoms with Crippen LogP contribution in [0.2, 0.25) is 5.02 Å². The molecule has 180 valence electrons. The second-order valence-electron chi connectivity index (χ2n) is 9.08. The van der Waals surface area contributed by atoms with Gasteiger partial charge >= 0.3 is 0 Å². The minimum atomic E-state index is -0.946. The first-order valence-corrected chi connectivity index (χ1v) is 12.9. The molecule has 0 aliphatic carbocycles. The van der Waals surface area contributed by atoms with Gasteiger partial charge in [0.1, 0.15) is 10.6 Å². The average molecular weight is 506 g/mol. The quantitative estimate of drug-likeness (QED) is 0.334. The predicted octanol–water partition coefficient (Wildman–Crippen LogP) is 6.01. The van der Waals surface area contributed by atoms with E-state index < -0.39 is 5.60 Å². The van der Waals surface area contributed by atoms with Crippen LogP contribution < -0.4 is 5.32 Å². The molecule has 4 aromatic rings. The Morgan fingerprint density at radius 3 is 2.57 bits per heavy atom. The van der Waals surface area contributed by atoms with Crippen molar-refractivity contribution in [2.24, 2.45) is 0 Å². The summed E-state index contributed by atoms with van der Waals surface area (Å²) in [7, 11) is 2.08. The molecule has 0 radical (unpaired) electrons. The van der Waals surface area contributed by atoms with Crippen molar-refractivity contribution in [3.63, 3.8) is 0 Å². The third kappa shape index (κ3) is 5.23. The van der Waals surface area contributed by atoms with Crippen molar-refractivity contribution >= 4 is 28.9 Å². The maximum atomic E-state index is 11.5. The molecule has 0 amide bonds. The van der Waals surface area contributed by atoms with Gasteiger partial charge in [0.05, 0.1) is 22.3 Å². The van der Waals surface area contributed by atoms with E-state index in [1.807, 2.05) is 48.5 Å². The van der Waals surface area contributed by atoms with Gasteiger partial charge in [0.2, 0.25) is 5.95 Å². The van der Waals surface area contributed by atoms with E-state index in [0.29, 0.717) is 23.8 Å². The number of piperidine rings is 1. The molecule has 1 atom stereocenters. The van der Waals surface area contributed by atoms with Gasteiger partial charge in [-0.2, -0.15) is 0 Å². The Kier molecular flexibility index (Phi) is 6.84. The van der Waals surface area contributed by atoms with Crippen LogP contribution in [0.1, 0.15) is 36.4 Å². The number of likely N-dealkylation sites (tertiary alicyclic amines) is 1. The molecule has 1 fully saturated rings. The fourth-order valence-corrected chi connectivity index (χ4v) is 5.69. The van der Waals surface area contributed by atoms with Crippen LogP contribution in [0.25, 0.3) is 21.8 Å². The zero-order valence-corrected chi connectivity index (χ0v) is 21.4. The molecule has 1 saturated heterocycles. The van der Waals surface area contributed by atoms with E-state index in [-0.39, 0.29) is 6.04 Å². The van der Waals surface area contributed by atoms with E-state index in [2.05, 4.69) is 41.3 Å². The molecule has 1 aliphatic heterocycles. The van der Waals surface area contributed by atoms with Gasteiger partial charge in [-0.25, -0.2) is 15.0 Å². The van der Waals surface area contributed by atoms with Crippen molar-refractivity contribution < 1.29 is 5.11 Å². The molecular formula is C27H28ClN5OS. The molecule has 0 bridgehead atoms. The number of hydrogen-bond acceptors (Lipinski definition) is 7. The van der Waals surface area contributed by atoms with Crippen LogP contribution in [0.3, 0.4) is 0 Å². The van der Waals surface area contributed by atoms with Crippen LogP contribution in [0.15, 0.2) is 66.9 Å². The van der Waals surface area contributed by atoms with Gasteiger partial charge in [0, 0.05) is 29.9 Å². The van der Waals surface area contributed by atoms with E-state index >= 15 is 0 Å². The molecule has 3 heterocycles. The summed E-state index contributed by atoms with van der Waals surface area (Å²) in [6, 6.07) is 19.8. The molecule has 1 unspecified atom stereocenters. The smallest absolute Gasteiger partial charge is 0.223 e. The summed E-state index contributed by atoms with van der Waals surface area (Å²) in [5, 5.41) is 16.3. The first-order chi connectivity index (χ1) is 16.9. The predicted molar refractivity (Wildman–Crippen MR) is 143 cm³/mol. The van der Waals surface area contributed by atoms with E-state index in [4.69, 9.17) is 21.6 Å². The highest BCUT2D eigenvalue weighted by molar-refractivity contribution is 7.15. The Balaban J connectivity index is 1.53. The number of anilines is 1. The number of nitrogens with one attached hydrogen (secondary N) is 1. The summed E-state index contributed by atoms with van der Waals surface area (Å²) in [5.41, 5.74) is 2.65. The fraction of sp³-hybridized carbons (Fsp3) is 0.296. The second-order valence-corrected chi connectivity index (χ2v) is 10.5. The highest BCUT2D eigenvalue weighted by Gasteiger charge is 2.37. The average Bonchev–Trinajstić information content (AvgIpc) is 3.33. The number of benzene rings is 2. The molecule has 2 aromatic carbocycles. The van der Waals surface area contributed by atoms with Crippen molar-refractivity contribution in [2.75, 3.05) is 25.5 Å². The number of halogens is 1. The summed E-state index contributed by atoms with van der Waals surface area (Å²) in [6.45, 7) is 3.75. The Hall–Kier alpha value is -2.84. The maximum Gasteiger partial charge on any atom is 0.223 e. The van der Waals surface area contributed by atoms with Gasteiger partial charge in [-0.1, -0.05) is 54.1 Å². The highest BCUT2D eigenvalue weighted by atomic mass is 35.5. The molecule has 2 aromatic heterocycles. The summed E-state index contributed by atoms with van der Waals surface area (Å²) >= 11 is 7.82. The lowest BCUT2D eigenvalue weighted by Crippen LogP contribution is -2.40. The van der Waals surface area contributed by atoms with Gasteiger partial charge in [-0.3, -0.25) is 0 Å². The summed E-state index contributed by atoms with van der Waals surface area (Å²) in [6.07, 6.45) is 3.06. The lowest BCUT2D eigenvalue weighted by molar-refractivity contribution is -0.0203. The van der Waals surface area contributed by atoms with Crippen molar-refractivity contribution in [1.82, 2.24) is 19.9 Å². The van der Waals surface area contributed by atoms with Crippen LogP contribution in [-0.4, -0.2) is 45.1 Å². The highest BCUT2D eigenvalue weighted by Crippen LogP contribution is 2.43. The number of hydrogen-bond donors (Lipinski definition) is 2. The molecule has 0 saturated carbocycles. The minimum Gasteiger partial charge on any atom is -0.383 e. The van der Waals surface area contributed by atoms with E-state index in [1.165, 1.54) is 11.3 Å². The Morgan fingerprint density at radius 2 is 1.83 bits per heavy atom. The van der Waals surface area contributed by atoms with Crippen molar-refractivity contribution in [1.29, 1.82) is 0 Å². The van der Waals surface area contributed by atoms with E-state index in [1.54, 1.807) is 6.20 Å². The Labute approximate surface area is 214 Å². The molecule has 5 rings (SSSR count). The van der Waals surface area contributed by atoms with E-state index in [0.717, 1.165) is 45.5 Å². The van der Waals surface area contributed by atoms with Gasteiger partial charge in [0.15, 0.2) is 0 Å². The number of rotatable bonds is 6. The molecule has 6 nitrogen and oxygen atoms in total. The van der Waals surface area contributed by atoms with Gasteiger partial charge in [0.25, 0.3) is 0 Å².